The Labute approximate surface area is 67.3 Å². The van der Waals surface area contributed by atoms with Gasteiger partial charge in [-0.1, -0.05) is 31.4 Å². The lowest BCUT2D eigenvalue weighted by Gasteiger charge is -2.05. The van der Waals surface area contributed by atoms with Crippen molar-refractivity contribution in [2.24, 2.45) is 0 Å². The molecule has 0 fully saturated rings. The van der Waals surface area contributed by atoms with Crippen LogP contribution in [-0.4, -0.2) is 11.9 Å². The Morgan fingerprint density at radius 1 is 1.55 bits per heavy atom. The summed E-state index contributed by atoms with van der Waals surface area (Å²) < 4.78 is 0. The number of hydrogen-bond donors (Lipinski definition) is 1. The van der Waals surface area contributed by atoms with Gasteiger partial charge in [0, 0.05) is 6.04 Å². The zero-order valence-corrected chi connectivity index (χ0v) is 6.71. The lowest BCUT2D eigenvalue weighted by atomic mass is 10.3. The Kier molecular flexibility index (Phi) is 4.82. The third-order valence-electron chi connectivity index (χ3n) is 1.09. The van der Waals surface area contributed by atoms with Crippen molar-refractivity contribution in [1.29, 1.82) is 0 Å². The molecule has 1 N–H and O–H groups in total. The van der Waals surface area contributed by atoms with Crippen LogP contribution in [0.15, 0.2) is 37.5 Å². The molecule has 0 bridgehead atoms. The van der Waals surface area contributed by atoms with Crippen LogP contribution in [0.2, 0.25) is 0 Å². The predicted octanol–water partition coefficient (Wildman–Crippen LogP) is 1.42. The van der Waals surface area contributed by atoms with Crippen LogP contribution in [0.25, 0.3) is 0 Å². The molecule has 0 aliphatic rings. The minimum atomic E-state index is -0.161. The number of amides is 1. The van der Waals surface area contributed by atoms with Gasteiger partial charge in [-0.2, -0.15) is 0 Å². The summed E-state index contributed by atoms with van der Waals surface area (Å²) in [6.07, 6.45) is 6.54. The van der Waals surface area contributed by atoms with Crippen molar-refractivity contribution in [2.75, 3.05) is 0 Å². The minimum Gasteiger partial charge on any atom is -0.347 e. The van der Waals surface area contributed by atoms with E-state index < -0.39 is 0 Å². The number of carbonyl (C=O) groups excluding carboxylic acids is 1. The van der Waals surface area contributed by atoms with Crippen molar-refractivity contribution < 1.29 is 4.79 Å². The highest BCUT2D eigenvalue weighted by Crippen LogP contribution is 1.85. The highest BCUT2D eigenvalue weighted by Gasteiger charge is 1.97. The van der Waals surface area contributed by atoms with Gasteiger partial charge in [0.25, 0.3) is 0 Å². The molecule has 11 heavy (non-hydrogen) atoms. The number of nitrogens with one attached hydrogen (secondary N) is 1. The number of allylic oxidation sites excluding steroid dienone is 2. The van der Waals surface area contributed by atoms with E-state index in [1.165, 1.54) is 6.08 Å². The molecule has 0 heterocycles. The van der Waals surface area contributed by atoms with Gasteiger partial charge in [0.1, 0.15) is 0 Å². The Balaban J connectivity index is 3.76. The van der Waals surface area contributed by atoms with Gasteiger partial charge < -0.3 is 5.32 Å². The summed E-state index contributed by atoms with van der Waals surface area (Å²) in [4.78, 5) is 10.7. The van der Waals surface area contributed by atoms with E-state index in [1.807, 2.05) is 13.0 Å². The smallest absolute Gasteiger partial charge is 0.243 e. The summed E-state index contributed by atoms with van der Waals surface area (Å²) >= 11 is 0. The highest BCUT2D eigenvalue weighted by atomic mass is 16.1. The maximum atomic E-state index is 10.7. The fourth-order valence-electron chi connectivity index (χ4n) is 0.577. The first-order chi connectivity index (χ1) is 5.20. The molecule has 2 heteroatoms. The van der Waals surface area contributed by atoms with Crippen molar-refractivity contribution in [3.63, 3.8) is 0 Å². The van der Waals surface area contributed by atoms with Crippen LogP contribution in [0.4, 0.5) is 0 Å². The monoisotopic (exact) mass is 151 g/mol. The zero-order chi connectivity index (χ0) is 8.69. The Hall–Kier alpha value is -1.31. The summed E-state index contributed by atoms with van der Waals surface area (Å²) in [6.45, 7) is 8.73. The van der Waals surface area contributed by atoms with Crippen molar-refractivity contribution in [2.45, 2.75) is 13.0 Å². The van der Waals surface area contributed by atoms with E-state index in [0.29, 0.717) is 0 Å². The van der Waals surface area contributed by atoms with Crippen molar-refractivity contribution >= 4 is 5.91 Å². The van der Waals surface area contributed by atoms with Crippen LogP contribution < -0.4 is 5.32 Å². The highest BCUT2D eigenvalue weighted by molar-refractivity contribution is 5.87. The maximum absolute atomic E-state index is 10.7. The van der Waals surface area contributed by atoms with Crippen molar-refractivity contribution in [3.05, 3.63) is 37.5 Å². The second kappa shape index (κ2) is 5.47. The first kappa shape index (κ1) is 9.69. The average Bonchev–Trinajstić information content (AvgIpc) is 2.00. The van der Waals surface area contributed by atoms with Crippen molar-refractivity contribution in [3.8, 4) is 0 Å². The van der Waals surface area contributed by atoms with Crippen LogP contribution in [0.3, 0.4) is 0 Å². The van der Waals surface area contributed by atoms with E-state index in [4.69, 9.17) is 0 Å². The Morgan fingerprint density at radius 2 is 2.18 bits per heavy atom. The van der Waals surface area contributed by atoms with Crippen LogP contribution in [-0.2, 0) is 4.79 Å². The van der Waals surface area contributed by atoms with E-state index in [0.717, 1.165) is 0 Å². The van der Waals surface area contributed by atoms with Crippen molar-refractivity contribution in [1.82, 2.24) is 5.32 Å². The maximum Gasteiger partial charge on any atom is 0.243 e. The molecule has 0 saturated heterocycles. The number of carbonyl (C=O) groups is 1. The molecule has 0 aromatic heterocycles. The van der Waals surface area contributed by atoms with Crippen LogP contribution in [0, 0.1) is 0 Å². The van der Waals surface area contributed by atoms with Gasteiger partial charge in [-0.3, -0.25) is 4.79 Å². The van der Waals surface area contributed by atoms with Gasteiger partial charge in [-0.15, -0.1) is 0 Å². The van der Waals surface area contributed by atoms with E-state index in [1.54, 1.807) is 12.2 Å². The first-order valence-electron chi connectivity index (χ1n) is 3.43. The molecule has 60 valence electrons. The predicted molar refractivity (Wildman–Crippen MR) is 47.1 cm³/mol. The minimum absolute atomic E-state index is 0.0264. The van der Waals surface area contributed by atoms with Gasteiger partial charge >= 0.3 is 0 Å². The lowest BCUT2D eigenvalue weighted by molar-refractivity contribution is -0.116. The summed E-state index contributed by atoms with van der Waals surface area (Å²) in [7, 11) is 0. The molecule has 0 radical (unpaired) electrons. The topological polar surface area (TPSA) is 29.1 Å². The normalized spacial score (nSPS) is 12.5. The summed E-state index contributed by atoms with van der Waals surface area (Å²) in [6, 6.07) is 0.0264. The van der Waals surface area contributed by atoms with E-state index in [-0.39, 0.29) is 11.9 Å². The molecule has 2 nitrogen and oxygen atoms in total. The van der Waals surface area contributed by atoms with Gasteiger partial charge in [0.15, 0.2) is 0 Å². The largest absolute Gasteiger partial charge is 0.347 e. The standard InChI is InChI=1S/C9H13NO/c1-4-6-7-8(3)10-9(11)5-2/h4-8H,1-2H2,3H3,(H,10,11)/b7-6-. The quantitative estimate of drug-likeness (QED) is 0.478. The molecule has 0 saturated carbocycles. The number of hydrogen-bond acceptors (Lipinski definition) is 1. The molecule has 0 aromatic rings. The third-order valence-corrected chi connectivity index (χ3v) is 1.09. The Bertz CT molecular complexity index is 182. The Morgan fingerprint density at radius 3 is 2.64 bits per heavy atom. The summed E-state index contributed by atoms with van der Waals surface area (Å²) in [5, 5.41) is 2.67. The molecular formula is C9H13NO. The van der Waals surface area contributed by atoms with E-state index in [9.17, 15) is 4.79 Å². The molecule has 0 aliphatic carbocycles. The van der Waals surface area contributed by atoms with E-state index >= 15 is 0 Å². The first-order valence-corrected chi connectivity index (χ1v) is 3.43. The SMILES string of the molecule is C=C/C=C\C(C)NC(=O)C=C. The fourth-order valence-corrected chi connectivity index (χ4v) is 0.577. The summed E-state index contributed by atoms with van der Waals surface area (Å²) in [5.74, 6) is -0.161. The third kappa shape index (κ3) is 5.15. The molecule has 1 atom stereocenters. The molecule has 0 aromatic carbocycles. The van der Waals surface area contributed by atoms with Crippen LogP contribution in [0.1, 0.15) is 6.92 Å². The molecule has 0 rings (SSSR count). The molecule has 0 aliphatic heterocycles. The second-order valence-corrected chi connectivity index (χ2v) is 2.12. The summed E-state index contributed by atoms with van der Waals surface area (Å²) in [5.41, 5.74) is 0. The van der Waals surface area contributed by atoms with Crippen LogP contribution in [0.5, 0.6) is 0 Å². The van der Waals surface area contributed by atoms with Gasteiger partial charge in [0.05, 0.1) is 0 Å². The van der Waals surface area contributed by atoms with E-state index in [2.05, 4.69) is 18.5 Å². The molecule has 1 unspecified atom stereocenters. The zero-order valence-electron chi connectivity index (χ0n) is 6.71. The molecule has 0 spiro atoms. The lowest BCUT2D eigenvalue weighted by Crippen LogP contribution is -2.29. The average molecular weight is 151 g/mol. The number of rotatable bonds is 4. The van der Waals surface area contributed by atoms with Gasteiger partial charge in [-0.25, -0.2) is 0 Å². The molecular weight excluding hydrogens is 138 g/mol. The van der Waals surface area contributed by atoms with Crippen LogP contribution >= 0.6 is 0 Å². The second-order valence-electron chi connectivity index (χ2n) is 2.12. The van der Waals surface area contributed by atoms with Gasteiger partial charge in [-0.05, 0) is 13.0 Å². The fraction of sp³-hybridized carbons (Fsp3) is 0.222. The van der Waals surface area contributed by atoms with Gasteiger partial charge in [0.2, 0.25) is 5.91 Å². The molecule has 1 amide bonds.